The molecule has 4 aromatic rings. The van der Waals surface area contributed by atoms with Crippen molar-refractivity contribution in [3.63, 3.8) is 0 Å². The van der Waals surface area contributed by atoms with E-state index in [1.807, 2.05) is 43.3 Å². The number of anilines is 1. The molecule has 2 aromatic carbocycles. The van der Waals surface area contributed by atoms with Gasteiger partial charge in [0.2, 0.25) is 0 Å². The Morgan fingerprint density at radius 2 is 1.75 bits per heavy atom. The first-order valence-electron chi connectivity index (χ1n) is 10.1. The van der Waals surface area contributed by atoms with Crippen molar-refractivity contribution in [2.75, 3.05) is 5.32 Å². The summed E-state index contributed by atoms with van der Waals surface area (Å²) in [4.78, 5) is 17.9. The number of benzene rings is 2. The second-order valence-corrected chi connectivity index (χ2v) is 8.60. The lowest BCUT2D eigenvalue weighted by molar-refractivity contribution is -0.112. The van der Waals surface area contributed by atoms with E-state index in [2.05, 4.69) is 41.5 Å². The van der Waals surface area contributed by atoms with Crippen molar-refractivity contribution in [3.8, 4) is 17.4 Å². The molecule has 0 unspecified atom stereocenters. The zero-order valence-corrected chi connectivity index (χ0v) is 18.6. The van der Waals surface area contributed by atoms with Crippen molar-refractivity contribution in [1.82, 2.24) is 4.98 Å². The summed E-state index contributed by atoms with van der Waals surface area (Å²) < 4.78 is 5.80. The van der Waals surface area contributed by atoms with E-state index < -0.39 is 5.91 Å². The first-order chi connectivity index (χ1) is 15.5. The number of carbonyl (C=O) groups is 1. The van der Waals surface area contributed by atoms with Crippen LogP contribution in [0.5, 0.6) is 0 Å². The van der Waals surface area contributed by atoms with Gasteiger partial charge in [0.05, 0.1) is 0 Å². The standard InChI is InChI=1S/C26H21N3O2S/c1-17-3-7-19(8-4-17)13-23-16-28-26(32-23)29-25(30)21(15-27)14-22-11-12-24(31-22)20-9-5-18(2)6-10-20/h3-12,14,16H,13H2,1-2H3,(H,28,29,30). The summed E-state index contributed by atoms with van der Waals surface area (Å²) in [6.07, 6.45) is 3.92. The molecule has 1 N–H and O–H groups in total. The van der Waals surface area contributed by atoms with E-state index in [0.29, 0.717) is 16.7 Å². The summed E-state index contributed by atoms with van der Waals surface area (Å²) in [6, 6.07) is 21.8. The Bertz CT molecular complexity index is 1310. The number of aryl methyl sites for hydroxylation is 2. The third-order valence-electron chi connectivity index (χ3n) is 4.89. The van der Waals surface area contributed by atoms with Crippen LogP contribution < -0.4 is 5.32 Å². The van der Waals surface area contributed by atoms with Gasteiger partial charge in [0, 0.05) is 29.1 Å². The van der Waals surface area contributed by atoms with E-state index in [-0.39, 0.29) is 5.57 Å². The molecule has 0 radical (unpaired) electrons. The van der Waals surface area contributed by atoms with Gasteiger partial charge in [0.1, 0.15) is 23.2 Å². The minimum atomic E-state index is -0.517. The molecule has 158 valence electrons. The number of carbonyl (C=O) groups excluding carboxylic acids is 1. The summed E-state index contributed by atoms with van der Waals surface area (Å²) in [5.41, 5.74) is 4.43. The number of thiazole rings is 1. The molecule has 0 atom stereocenters. The van der Waals surface area contributed by atoms with Crippen molar-refractivity contribution in [2.24, 2.45) is 0 Å². The van der Waals surface area contributed by atoms with E-state index >= 15 is 0 Å². The van der Waals surface area contributed by atoms with Crippen LogP contribution in [0.4, 0.5) is 5.13 Å². The number of nitriles is 1. The van der Waals surface area contributed by atoms with E-state index in [4.69, 9.17) is 4.42 Å². The van der Waals surface area contributed by atoms with Gasteiger partial charge in [0.15, 0.2) is 5.13 Å². The second-order valence-electron chi connectivity index (χ2n) is 7.49. The number of aromatic nitrogens is 1. The van der Waals surface area contributed by atoms with Crippen molar-refractivity contribution < 1.29 is 9.21 Å². The molecule has 0 aliphatic rings. The van der Waals surface area contributed by atoms with Gasteiger partial charge in [-0.1, -0.05) is 59.7 Å². The molecule has 0 saturated heterocycles. The summed E-state index contributed by atoms with van der Waals surface area (Å²) in [5, 5.41) is 12.6. The lowest BCUT2D eigenvalue weighted by atomic mass is 10.1. The number of amides is 1. The molecule has 2 aromatic heterocycles. The lowest BCUT2D eigenvalue weighted by Gasteiger charge is -2.00. The average molecular weight is 440 g/mol. The third kappa shape index (κ3) is 5.20. The molecule has 6 heteroatoms. The molecule has 0 saturated carbocycles. The van der Waals surface area contributed by atoms with Crippen molar-refractivity contribution in [3.05, 3.63) is 99.8 Å². The Morgan fingerprint density at radius 3 is 2.44 bits per heavy atom. The fourth-order valence-electron chi connectivity index (χ4n) is 3.11. The largest absolute Gasteiger partial charge is 0.457 e. The molecule has 32 heavy (non-hydrogen) atoms. The predicted molar refractivity (Wildman–Crippen MR) is 127 cm³/mol. The summed E-state index contributed by atoms with van der Waals surface area (Å²) in [7, 11) is 0. The highest BCUT2D eigenvalue weighted by Crippen LogP contribution is 2.25. The quantitative estimate of drug-likeness (QED) is 0.288. The molecule has 2 heterocycles. The number of nitrogens with one attached hydrogen (secondary N) is 1. The zero-order chi connectivity index (χ0) is 22.5. The van der Waals surface area contributed by atoms with E-state index in [1.54, 1.807) is 12.3 Å². The molecule has 0 spiro atoms. The first-order valence-corrected chi connectivity index (χ1v) is 10.9. The molecule has 5 nitrogen and oxygen atoms in total. The molecule has 0 bridgehead atoms. The number of hydrogen-bond donors (Lipinski definition) is 1. The monoisotopic (exact) mass is 439 g/mol. The normalized spacial score (nSPS) is 11.2. The molecular formula is C26H21N3O2S. The molecule has 0 aliphatic heterocycles. The van der Waals surface area contributed by atoms with Crippen LogP contribution in [0, 0.1) is 25.2 Å². The van der Waals surface area contributed by atoms with Gasteiger partial charge < -0.3 is 4.42 Å². The Morgan fingerprint density at radius 1 is 1.06 bits per heavy atom. The number of hydrogen-bond acceptors (Lipinski definition) is 5. The number of nitrogens with zero attached hydrogens (tertiary/aromatic N) is 2. The SMILES string of the molecule is Cc1ccc(Cc2cnc(NC(=O)C(C#N)=Cc3ccc(-c4ccc(C)cc4)o3)s2)cc1. The maximum Gasteiger partial charge on any atom is 0.268 e. The first kappa shape index (κ1) is 21.3. The van der Waals surface area contributed by atoms with Crippen molar-refractivity contribution >= 4 is 28.5 Å². The summed E-state index contributed by atoms with van der Waals surface area (Å²) in [6.45, 7) is 4.07. The summed E-state index contributed by atoms with van der Waals surface area (Å²) in [5.74, 6) is 0.595. The zero-order valence-electron chi connectivity index (χ0n) is 17.8. The fraction of sp³-hybridized carbons (Fsp3) is 0.115. The van der Waals surface area contributed by atoms with Crippen LogP contribution in [0.3, 0.4) is 0 Å². The van der Waals surface area contributed by atoms with Crippen molar-refractivity contribution in [2.45, 2.75) is 20.3 Å². The fourth-order valence-corrected chi connectivity index (χ4v) is 3.95. The van der Waals surface area contributed by atoms with Gasteiger partial charge in [-0.3, -0.25) is 10.1 Å². The van der Waals surface area contributed by atoms with Gasteiger partial charge in [-0.25, -0.2) is 4.98 Å². The van der Waals surface area contributed by atoms with Gasteiger partial charge in [-0.05, 0) is 31.5 Å². The van der Waals surface area contributed by atoms with E-state index in [1.165, 1.54) is 28.5 Å². The highest BCUT2D eigenvalue weighted by Gasteiger charge is 2.14. The predicted octanol–water partition coefficient (Wildman–Crippen LogP) is 6.16. The number of rotatable bonds is 6. The Kier molecular flexibility index (Phi) is 6.29. The Balaban J connectivity index is 1.44. The van der Waals surface area contributed by atoms with Gasteiger partial charge in [-0.2, -0.15) is 5.26 Å². The average Bonchev–Trinajstić information content (AvgIpc) is 3.43. The van der Waals surface area contributed by atoms with Crippen LogP contribution in [0.2, 0.25) is 0 Å². The van der Waals surface area contributed by atoms with Gasteiger partial charge in [0.25, 0.3) is 5.91 Å². The van der Waals surface area contributed by atoms with Crippen LogP contribution >= 0.6 is 11.3 Å². The van der Waals surface area contributed by atoms with Crippen LogP contribution in [0.15, 0.2) is 76.9 Å². The van der Waals surface area contributed by atoms with Crippen LogP contribution in [0.1, 0.15) is 27.3 Å². The topological polar surface area (TPSA) is 78.9 Å². The molecule has 4 rings (SSSR count). The summed E-state index contributed by atoms with van der Waals surface area (Å²) >= 11 is 1.39. The van der Waals surface area contributed by atoms with Crippen LogP contribution in [-0.2, 0) is 11.2 Å². The molecular weight excluding hydrogens is 418 g/mol. The van der Waals surface area contributed by atoms with Gasteiger partial charge >= 0.3 is 0 Å². The lowest BCUT2D eigenvalue weighted by Crippen LogP contribution is -2.13. The Hall–Kier alpha value is -3.95. The maximum atomic E-state index is 12.6. The van der Waals surface area contributed by atoms with Crippen LogP contribution in [-0.4, -0.2) is 10.9 Å². The second kappa shape index (κ2) is 9.46. The molecule has 0 fully saturated rings. The Labute approximate surface area is 190 Å². The minimum Gasteiger partial charge on any atom is -0.457 e. The van der Waals surface area contributed by atoms with Crippen molar-refractivity contribution in [1.29, 1.82) is 5.26 Å². The molecule has 1 amide bonds. The highest BCUT2D eigenvalue weighted by molar-refractivity contribution is 7.15. The molecule has 0 aliphatic carbocycles. The van der Waals surface area contributed by atoms with E-state index in [9.17, 15) is 10.1 Å². The van der Waals surface area contributed by atoms with E-state index in [0.717, 1.165) is 22.4 Å². The smallest absolute Gasteiger partial charge is 0.268 e. The third-order valence-corrected chi connectivity index (χ3v) is 5.80. The minimum absolute atomic E-state index is 0.0508. The van der Waals surface area contributed by atoms with Gasteiger partial charge in [-0.15, -0.1) is 11.3 Å². The number of furan rings is 1. The van der Waals surface area contributed by atoms with Crippen LogP contribution in [0.25, 0.3) is 17.4 Å². The maximum absolute atomic E-state index is 12.6. The highest BCUT2D eigenvalue weighted by atomic mass is 32.1.